The fourth-order valence-corrected chi connectivity index (χ4v) is 1.45. The number of benzene rings is 1. The van der Waals surface area contributed by atoms with Crippen LogP contribution in [0.5, 0.6) is 11.5 Å². The predicted octanol–water partition coefficient (Wildman–Crippen LogP) is 1.65. The third kappa shape index (κ3) is 3.73. The molecule has 1 rings (SSSR count). The summed E-state index contributed by atoms with van der Waals surface area (Å²) in [4.78, 5) is 0. The predicted molar refractivity (Wildman–Crippen MR) is 65.4 cm³/mol. The van der Waals surface area contributed by atoms with Crippen LogP contribution < -0.4 is 15.2 Å². The van der Waals surface area contributed by atoms with Crippen molar-refractivity contribution in [2.75, 3.05) is 20.8 Å². The van der Waals surface area contributed by atoms with Gasteiger partial charge in [0.2, 0.25) is 0 Å². The van der Waals surface area contributed by atoms with Crippen molar-refractivity contribution >= 4 is 12.4 Å². The Morgan fingerprint density at radius 1 is 1.29 bits per heavy atom. The molecule has 0 saturated heterocycles. The highest BCUT2D eigenvalue weighted by molar-refractivity contribution is 5.85. The summed E-state index contributed by atoms with van der Waals surface area (Å²) in [6, 6.07) is 2.17. The molecule has 0 fully saturated rings. The molecule has 0 aliphatic heterocycles. The van der Waals surface area contributed by atoms with Crippen LogP contribution in [-0.4, -0.2) is 25.9 Å². The standard InChI is InChI=1S/C11H16FNO3.ClH/c1-15-10-5-7(9(13)3-4-14)8(12)6-11(10)16-2;/h5-6,9,14H,3-4,13H2,1-2H3;1H/t9-;/m0./s1. The Morgan fingerprint density at radius 2 is 1.82 bits per heavy atom. The van der Waals surface area contributed by atoms with Crippen LogP contribution in [0.4, 0.5) is 4.39 Å². The molecular weight excluding hydrogens is 249 g/mol. The molecule has 0 amide bonds. The van der Waals surface area contributed by atoms with Crippen molar-refractivity contribution in [2.45, 2.75) is 12.5 Å². The summed E-state index contributed by atoms with van der Waals surface area (Å²) in [7, 11) is 2.90. The van der Waals surface area contributed by atoms with Gasteiger partial charge in [-0.1, -0.05) is 0 Å². The van der Waals surface area contributed by atoms with Gasteiger partial charge in [0.15, 0.2) is 11.5 Å². The Kier molecular flexibility index (Phi) is 6.87. The van der Waals surface area contributed by atoms with E-state index in [9.17, 15) is 4.39 Å². The van der Waals surface area contributed by atoms with E-state index >= 15 is 0 Å². The van der Waals surface area contributed by atoms with E-state index in [1.54, 1.807) is 0 Å². The number of aliphatic hydroxyl groups is 1. The molecule has 0 heterocycles. The quantitative estimate of drug-likeness (QED) is 0.850. The second-order valence-electron chi connectivity index (χ2n) is 3.35. The van der Waals surface area contributed by atoms with Gasteiger partial charge >= 0.3 is 0 Å². The first kappa shape index (κ1) is 16.0. The van der Waals surface area contributed by atoms with Gasteiger partial charge in [-0.25, -0.2) is 4.39 Å². The SMILES string of the molecule is COc1cc(F)c([C@@H](N)CCO)cc1OC.Cl. The van der Waals surface area contributed by atoms with Gasteiger partial charge in [-0.05, 0) is 12.5 Å². The van der Waals surface area contributed by atoms with E-state index in [2.05, 4.69) is 0 Å². The van der Waals surface area contributed by atoms with Crippen molar-refractivity contribution in [2.24, 2.45) is 5.73 Å². The fourth-order valence-electron chi connectivity index (χ4n) is 1.45. The summed E-state index contributed by atoms with van der Waals surface area (Å²) in [6.07, 6.45) is 0.298. The van der Waals surface area contributed by atoms with Crippen LogP contribution in [0.2, 0.25) is 0 Å². The lowest BCUT2D eigenvalue weighted by Gasteiger charge is -2.15. The summed E-state index contributed by atoms with van der Waals surface area (Å²) in [6.45, 7) is -0.0883. The third-order valence-electron chi connectivity index (χ3n) is 2.34. The lowest BCUT2D eigenvalue weighted by atomic mass is 10.0. The number of hydrogen-bond acceptors (Lipinski definition) is 4. The maximum Gasteiger partial charge on any atom is 0.163 e. The van der Waals surface area contributed by atoms with Crippen LogP contribution in [0.15, 0.2) is 12.1 Å². The van der Waals surface area contributed by atoms with Gasteiger partial charge in [0, 0.05) is 24.3 Å². The molecule has 17 heavy (non-hydrogen) atoms. The van der Waals surface area contributed by atoms with Gasteiger partial charge in [-0.3, -0.25) is 0 Å². The highest BCUT2D eigenvalue weighted by Crippen LogP contribution is 2.32. The number of aliphatic hydroxyl groups excluding tert-OH is 1. The zero-order chi connectivity index (χ0) is 12.1. The molecule has 0 radical (unpaired) electrons. The van der Waals surface area contributed by atoms with Crippen LogP contribution in [0.25, 0.3) is 0 Å². The Bertz CT molecular complexity index is 363. The Labute approximate surface area is 106 Å². The first-order chi connectivity index (χ1) is 7.63. The van der Waals surface area contributed by atoms with Crippen LogP contribution in [0, 0.1) is 5.82 Å². The largest absolute Gasteiger partial charge is 0.493 e. The Balaban J connectivity index is 0.00000256. The van der Waals surface area contributed by atoms with Crippen LogP contribution in [-0.2, 0) is 0 Å². The second kappa shape index (κ2) is 7.32. The lowest BCUT2D eigenvalue weighted by Crippen LogP contribution is -2.14. The van der Waals surface area contributed by atoms with Gasteiger partial charge in [0.1, 0.15) is 5.82 Å². The molecule has 0 aromatic heterocycles. The van der Waals surface area contributed by atoms with Crippen molar-refractivity contribution in [1.82, 2.24) is 0 Å². The fraction of sp³-hybridized carbons (Fsp3) is 0.455. The highest BCUT2D eigenvalue weighted by atomic mass is 35.5. The lowest BCUT2D eigenvalue weighted by molar-refractivity contribution is 0.275. The van der Waals surface area contributed by atoms with E-state index in [-0.39, 0.29) is 19.0 Å². The summed E-state index contributed by atoms with van der Waals surface area (Å²) in [5.41, 5.74) is 6.04. The first-order valence-corrected chi connectivity index (χ1v) is 4.91. The monoisotopic (exact) mass is 265 g/mol. The van der Waals surface area contributed by atoms with E-state index in [0.717, 1.165) is 0 Å². The van der Waals surface area contributed by atoms with Crippen LogP contribution in [0.3, 0.4) is 0 Å². The molecule has 0 bridgehead atoms. The number of rotatable bonds is 5. The normalized spacial score (nSPS) is 11.6. The minimum atomic E-state index is -0.551. The second-order valence-corrected chi connectivity index (χ2v) is 3.35. The molecule has 98 valence electrons. The zero-order valence-electron chi connectivity index (χ0n) is 9.77. The Morgan fingerprint density at radius 3 is 2.29 bits per heavy atom. The molecule has 0 spiro atoms. The van der Waals surface area contributed by atoms with Crippen molar-refractivity contribution in [3.8, 4) is 11.5 Å². The van der Waals surface area contributed by atoms with Crippen molar-refractivity contribution in [3.05, 3.63) is 23.5 Å². The smallest absolute Gasteiger partial charge is 0.163 e. The van der Waals surface area contributed by atoms with Gasteiger partial charge in [-0.2, -0.15) is 0 Å². The number of ether oxygens (including phenoxy) is 2. The van der Waals surface area contributed by atoms with E-state index in [0.29, 0.717) is 23.5 Å². The van der Waals surface area contributed by atoms with Gasteiger partial charge < -0.3 is 20.3 Å². The number of hydrogen-bond donors (Lipinski definition) is 2. The molecule has 0 saturated carbocycles. The summed E-state index contributed by atoms with van der Waals surface area (Å²) in [5, 5.41) is 8.76. The third-order valence-corrected chi connectivity index (χ3v) is 2.34. The minimum absolute atomic E-state index is 0. The molecule has 4 nitrogen and oxygen atoms in total. The van der Waals surface area contributed by atoms with Crippen LogP contribution in [0.1, 0.15) is 18.0 Å². The van der Waals surface area contributed by atoms with E-state index in [4.69, 9.17) is 20.3 Å². The van der Waals surface area contributed by atoms with Gasteiger partial charge in [0.25, 0.3) is 0 Å². The average molecular weight is 266 g/mol. The Hall–Kier alpha value is -1.04. The number of methoxy groups -OCH3 is 2. The zero-order valence-corrected chi connectivity index (χ0v) is 10.6. The van der Waals surface area contributed by atoms with Gasteiger partial charge in [0.05, 0.1) is 14.2 Å². The number of nitrogens with two attached hydrogens (primary N) is 1. The van der Waals surface area contributed by atoms with Gasteiger partial charge in [-0.15, -0.1) is 12.4 Å². The molecule has 3 N–H and O–H groups in total. The first-order valence-electron chi connectivity index (χ1n) is 4.91. The molecule has 1 atom stereocenters. The molecule has 0 aliphatic carbocycles. The van der Waals surface area contributed by atoms with E-state index < -0.39 is 11.9 Å². The average Bonchev–Trinajstić information content (AvgIpc) is 2.28. The molecule has 0 aliphatic rings. The molecule has 6 heteroatoms. The summed E-state index contributed by atoms with van der Waals surface area (Å²) in [5.74, 6) is 0.283. The minimum Gasteiger partial charge on any atom is -0.493 e. The molecule has 1 aromatic rings. The molecular formula is C11H17ClFNO3. The molecule has 0 unspecified atom stereocenters. The van der Waals surface area contributed by atoms with Crippen LogP contribution >= 0.6 is 12.4 Å². The van der Waals surface area contributed by atoms with E-state index in [1.807, 2.05) is 0 Å². The number of halogens is 2. The van der Waals surface area contributed by atoms with E-state index in [1.165, 1.54) is 26.4 Å². The maximum atomic E-state index is 13.6. The summed E-state index contributed by atoms with van der Waals surface area (Å²) < 4.78 is 23.6. The topological polar surface area (TPSA) is 64.7 Å². The van der Waals surface area contributed by atoms with Crippen molar-refractivity contribution < 1.29 is 19.0 Å². The maximum absolute atomic E-state index is 13.6. The summed E-state index contributed by atoms with van der Waals surface area (Å²) >= 11 is 0. The highest BCUT2D eigenvalue weighted by Gasteiger charge is 2.15. The van der Waals surface area contributed by atoms with Crippen molar-refractivity contribution in [3.63, 3.8) is 0 Å². The van der Waals surface area contributed by atoms with Crippen molar-refractivity contribution in [1.29, 1.82) is 0 Å². The molecule has 1 aromatic carbocycles.